The Morgan fingerprint density at radius 3 is 2.52 bits per heavy atom. The van der Waals surface area contributed by atoms with Crippen molar-refractivity contribution in [3.63, 3.8) is 0 Å². The summed E-state index contributed by atoms with van der Waals surface area (Å²) in [6.45, 7) is 1.91. The Hall–Kier alpha value is -2.88. The fourth-order valence-electron chi connectivity index (χ4n) is 2.73. The quantitative estimate of drug-likeness (QED) is 0.580. The van der Waals surface area contributed by atoms with Crippen LogP contribution in [0.1, 0.15) is 5.69 Å². The number of aromatic nitrogens is 3. The Labute approximate surface area is 120 Å². The highest BCUT2D eigenvalue weighted by Crippen LogP contribution is 2.23. The molecular formula is C17H13N3O. The topological polar surface area (TPSA) is 50.7 Å². The molecule has 0 aliphatic heterocycles. The average molecular weight is 275 g/mol. The van der Waals surface area contributed by atoms with Gasteiger partial charge in [-0.15, -0.1) is 0 Å². The van der Waals surface area contributed by atoms with Crippen molar-refractivity contribution in [2.45, 2.75) is 6.92 Å². The summed E-state index contributed by atoms with van der Waals surface area (Å²) in [4.78, 5) is 16.1. The van der Waals surface area contributed by atoms with Crippen molar-refractivity contribution < 1.29 is 0 Å². The van der Waals surface area contributed by atoms with Crippen LogP contribution in [-0.2, 0) is 0 Å². The van der Waals surface area contributed by atoms with Crippen LogP contribution in [0.25, 0.3) is 27.5 Å². The molecule has 2 aromatic heterocycles. The molecule has 0 aliphatic carbocycles. The molecule has 4 heteroatoms. The number of hydrogen-bond donors (Lipinski definition) is 1. The van der Waals surface area contributed by atoms with Gasteiger partial charge in [0.1, 0.15) is 0 Å². The van der Waals surface area contributed by atoms with Crippen molar-refractivity contribution in [3.05, 3.63) is 70.6 Å². The van der Waals surface area contributed by atoms with Crippen LogP contribution in [0.4, 0.5) is 0 Å². The minimum atomic E-state index is -0.0979. The summed E-state index contributed by atoms with van der Waals surface area (Å²) in [5.74, 6) is 0. The Balaban J connectivity index is 2.19. The predicted molar refractivity (Wildman–Crippen MR) is 83.9 cm³/mol. The van der Waals surface area contributed by atoms with E-state index in [1.54, 1.807) is 0 Å². The number of aryl methyl sites for hydroxylation is 1. The number of benzene rings is 2. The summed E-state index contributed by atoms with van der Waals surface area (Å²) in [5, 5.41) is 6.07. The minimum Gasteiger partial charge on any atom is -0.353 e. The van der Waals surface area contributed by atoms with Gasteiger partial charge in [0.15, 0.2) is 0 Å². The second-order valence-corrected chi connectivity index (χ2v) is 5.06. The van der Waals surface area contributed by atoms with E-state index in [1.165, 1.54) is 4.68 Å². The molecule has 0 saturated heterocycles. The third-order valence-corrected chi connectivity index (χ3v) is 3.72. The lowest BCUT2D eigenvalue weighted by molar-refractivity contribution is 0.800. The molecule has 21 heavy (non-hydrogen) atoms. The predicted octanol–water partition coefficient (Wildman–Crippen LogP) is 3.18. The third-order valence-electron chi connectivity index (χ3n) is 3.72. The molecule has 2 aromatic carbocycles. The molecule has 4 aromatic rings. The number of fused-ring (bicyclic) bond motifs is 3. The zero-order chi connectivity index (χ0) is 14.4. The molecule has 4 rings (SSSR count). The Bertz CT molecular complexity index is 1010. The van der Waals surface area contributed by atoms with Crippen molar-refractivity contribution in [3.8, 4) is 5.69 Å². The van der Waals surface area contributed by atoms with Gasteiger partial charge in [0.25, 0.3) is 5.56 Å². The van der Waals surface area contributed by atoms with E-state index in [-0.39, 0.29) is 5.56 Å². The maximum atomic E-state index is 12.8. The lowest BCUT2D eigenvalue weighted by atomic mass is 10.2. The molecule has 2 heterocycles. The van der Waals surface area contributed by atoms with Gasteiger partial charge in [-0.2, -0.15) is 9.78 Å². The molecule has 0 unspecified atom stereocenters. The van der Waals surface area contributed by atoms with Crippen LogP contribution in [0.5, 0.6) is 0 Å². The summed E-state index contributed by atoms with van der Waals surface area (Å²) >= 11 is 0. The molecule has 4 nitrogen and oxygen atoms in total. The van der Waals surface area contributed by atoms with Gasteiger partial charge in [-0.1, -0.05) is 36.4 Å². The normalized spacial score (nSPS) is 11.3. The number of H-pyrrole nitrogens is 1. The van der Waals surface area contributed by atoms with E-state index >= 15 is 0 Å². The number of hydrogen-bond acceptors (Lipinski definition) is 2. The monoisotopic (exact) mass is 275 g/mol. The van der Waals surface area contributed by atoms with Crippen LogP contribution < -0.4 is 5.56 Å². The van der Waals surface area contributed by atoms with E-state index in [1.807, 2.05) is 61.5 Å². The Kier molecular flexibility index (Phi) is 2.44. The van der Waals surface area contributed by atoms with Crippen LogP contribution in [-0.4, -0.2) is 14.8 Å². The molecule has 0 spiro atoms. The number of aromatic amines is 1. The molecule has 0 amide bonds. The van der Waals surface area contributed by atoms with Gasteiger partial charge in [0.2, 0.25) is 0 Å². The second-order valence-electron chi connectivity index (χ2n) is 5.06. The van der Waals surface area contributed by atoms with Crippen molar-refractivity contribution in [2.24, 2.45) is 0 Å². The second kappa shape index (κ2) is 4.31. The first kappa shape index (κ1) is 11.9. The van der Waals surface area contributed by atoms with Crippen molar-refractivity contribution >= 4 is 21.8 Å². The van der Waals surface area contributed by atoms with E-state index in [4.69, 9.17) is 0 Å². The number of rotatable bonds is 1. The van der Waals surface area contributed by atoms with Crippen molar-refractivity contribution in [1.82, 2.24) is 14.8 Å². The molecule has 102 valence electrons. The third kappa shape index (κ3) is 1.69. The van der Waals surface area contributed by atoms with Crippen molar-refractivity contribution in [1.29, 1.82) is 0 Å². The lowest BCUT2D eigenvalue weighted by Gasteiger charge is -2.06. The highest BCUT2D eigenvalue weighted by molar-refractivity contribution is 6.07. The van der Waals surface area contributed by atoms with Crippen molar-refractivity contribution in [2.75, 3.05) is 0 Å². The molecule has 0 atom stereocenters. The zero-order valence-electron chi connectivity index (χ0n) is 11.5. The lowest BCUT2D eigenvalue weighted by Crippen LogP contribution is -2.22. The number of para-hydroxylation sites is 2. The average Bonchev–Trinajstić information content (AvgIpc) is 2.92. The van der Waals surface area contributed by atoms with Crippen LogP contribution >= 0.6 is 0 Å². The largest absolute Gasteiger partial charge is 0.353 e. The van der Waals surface area contributed by atoms with Crippen LogP contribution in [0.3, 0.4) is 0 Å². The SMILES string of the molecule is Cc1nn(-c2ccccc2)c(=O)c2c1[nH]c1ccccc12. The molecule has 0 aliphatic rings. The highest BCUT2D eigenvalue weighted by atomic mass is 16.1. The van der Waals surface area contributed by atoms with E-state index in [2.05, 4.69) is 10.1 Å². The van der Waals surface area contributed by atoms with Gasteiger partial charge in [0, 0.05) is 10.9 Å². The Morgan fingerprint density at radius 1 is 1.00 bits per heavy atom. The van der Waals surface area contributed by atoms with Crippen LogP contribution in [0, 0.1) is 6.92 Å². The van der Waals surface area contributed by atoms with E-state index in [9.17, 15) is 4.79 Å². The molecule has 0 radical (unpaired) electrons. The maximum Gasteiger partial charge on any atom is 0.281 e. The molecule has 0 saturated carbocycles. The molecule has 0 bridgehead atoms. The Morgan fingerprint density at radius 2 is 1.71 bits per heavy atom. The first-order valence-electron chi connectivity index (χ1n) is 6.81. The zero-order valence-corrected chi connectivity index (χ0v) is 11.5. The van der Waals surface area contributed by atoms with Gasteiger partial charge in [-0.3, -0.25) is 4.79 Å². The van der Waals surface area contributed by atoms with E-state index < -0.39 is 0 Å². The first-order valence-corrected chi connectivity index (χ1v) is 6.81. The van der Waals surface area contributed by atoms with Gasteiger partial charge >= 0.3 is 0 Å². The van der Waals surface area contributed by atoms with E-state index in [0.29, 0.717) is 5.39 Å². The van der Waals surface area contributed by atoms with Gasteiger partial charge in [0.05, 0.1) is 22.3 Å². The summed E-state index contributed by atoms with van der Waals surface area (Å²) < 4.78 is 1.47. The summed E-state index contributed by atoms with van der Waals surface area (Å²) in [6, 6.07) is 17.3. The number of nitrogens with one attached hydrogen (secondary N) is 1. The van der Waals surface area contributed by atoms with Crippen LogP contribution in [0.15, 0.2) is 59.4 Å². The molecule has 1 N–H and O–H groups in total. The smallest absolute Gasteiger partial charge is 0.281 e. The molecular weight excluding hydrogens is 262 g/mol. The minimum absolute atomic E-state index is 0.0979. The molecule has 0 fully saturated rings. The van der Waals surface area contributed by atoms with Gasteiger partial charge in [-0.05, 0) is 25.1 Å². The van der Waals surface area contributed by atoms with E-state index in [0.717, 1.165) is 27.8 Å². The highest BCUT2D eigenvalue weighted by Gasteiger charge is 2.14. The first-order chi connectivity index (χ1) is 10.3. The summed E-state index contributed by atoms with van der Waals surface area (Å²) in [5.41, 5.74) is 3.26. The number of nitrogens with zero attached hydrogens (tertiary/aromatic N) is 2. The summed E-state index contributed by atoms with van der Waals surface area (Å²) in [6.07, 6.45) is 0. The van der Waals surface area contributed by atoms with Crippen LogP contribution in [0.2, 0.25) is 0 Å². The van der Waals surface area contributed by atoms with Gasteiger partial charge in [-0.25, -0.2) is 0 Å². The maximum absolute atomic E-state index is 12.8. The fourth-order valence-corrected chi connectivity index (χ4v) is 2.73. The summed E-state index contributed by atoms with van der Waals surface area (Å²) in [7, 11) is 0. The standard InChI is InChI=1S/C17H13N3O/c1-11-16-15(13-9-5-6-10-14(13)18-16)17(21)20(19-11)12-7-3-2-4-8-12/h2-10,18H,1H3. The fraction of sp³-hybridized carbons (Fsp3) is 0.0588. The van der Waals surface area contributed by atoms with Gasteiger partial charge < -0.3 is 4.98 Å².